The molecule has 1 rings (SSSR count). The highest BCUT2D eigenvalue weighted by Crippen LogP contribution is 2.23. The van der Waals surface area contributed by atoms with Crippen LogP contribution in [0.1, 0.15) is 51.7 Å². The van der Waals surface area contributed by atoms with E-state index in [-0.39, 0.29) is 0 Å². The molecule has 0 radical (unpaired) electrons. The molecule has 0 unspecified atom stereocenters. The van der Waals surface area contributed by atoms with Crippen LogP contribution in [0.2, 0.25) is 0 Å². The van der Waals surface area contributed by atoms with Crippen molar-refractivity contribution in [1.82, 2.24) is 0 Å². The van der Waals surface area contributed by atoms with Crippen LogP contribution in [0.3, 0.4) is 0 Å². The largest absolute Gasteiger partial charge is 0.0998 e. The van der Waals surface area contributed by atoms with Crippen LogP contribution in [-0.2, 0) is 6.42 Å². The summed E-state index contributed by atoms with van der Waals surface area (Å²) in [4.78, 5) is 0. The van der Waals surface area contributed by atoms with Gasteiger partial charge in [-0.2, -0.15) is 0 Å². The summed E-state index contributed by atoms with van der Waals surface area (Å²) in [5.74, 6) is 0. The molecule has 0 bridgehead atoms. The average Bonchev–Trinajstić information content (AvgIpc) is 2.32. The van der Waals surface area contributed by atoms with Gasteiger partial charge in [-0.3, -0.25) is 0 Å². The topological polar surface area (TPSA) is 0 Å². The molecule has 0 N–H and O–H groups in total. The van der Waals surface area contributed by atoms with Crippen molar-refractivity contribution in [3.05, 3.63) is 54.1 Å². The van der Waals surface area contributed by atoms with Crippen LogP contribution in [0.25, 0.3) is 5.57 Å². The van der Waals surface area contributed by atoms with Crippen molar-refractivity contribution in [3.8, 4) is 0 Å². The highest BCUT2D eigenvalue weighted by molar-refractivity contribution is 5.66. The Labute approximate surface area is 107 Å². The molecule has 0 heteroatoms. The van der Waals surface area contributed by atoms with Gasteiger partial charge in [-0.15, -0.1) is 0 Å². The van der Waals surface area contributed by atoms with Crippen LogP contribution < -0.4 is 0 Å². The van der Waals surface area contributed by atoms with Gasteiger partial charge in [0.05, 0.1) is 0 Å². The van der Waals surface area contributed by atoms with Gasteiger partial charge in [0.25, 0.3) is 0 Å². The molecule has 0 aromatic heterocycles. The van der Waals surface area contributed by atoms with Gasteiger partial charge in [-0.05, 0) is 36.5 Å². The Balaban J connectivity index is 0.00000121. The van der Waals surface area contributed by atoms with E-state index in [4.69, 9.17) is 0 Å². The minimum atomic E-state index is 0.957. The molecule has 0 heterocycles. The summed E-state index contributed by atoms with van der Waals surface area (Å²) in [5, 5.41) is 0. The summed E-state index contributed by atoms with van der Waals surface area (Å²) in [6.45, 7) is 16.4. The first-order valence-corrected chi connectivity index (χ1v) is 6.55. The highest BCUT2D eigenvalue weighted by Gasteiger charge is 2.04. The predicted octanol–water partition coefficient (Wildman–Crippen LogP) is 5.64. The minimum absolute atomic E-state index is 0.957. The lowest BCUT2D eigenvalue weighted by Gasteiger charge is -2.11. The lowest BCUT2D eigenvalue weighted by atomic mass is 9.94. The number of benzene rings is 1. The molecule has 0 spiro atoms. The molecule has 0 aliphatic rings. The Morgan fingerprint density at radius 1 is 1.12 bits per heavy atom. The summed E-state index contributed by atoms with van der Waals surface area (Å²) >= 11 is 0. The van der Waals surface area contributed by atoms with Gasteiger partial charge in [0.2, 0.25) is 0 Å². The zero-order valence-electron chi connectivity index (χ0n) is 11.8. The standard InChI is InChI=1S/C15H20.C2H6/c1-5-8-13(4)15-10-7-6-9-14(15)11-12(2)3;1-2/h6-7,9-10H,2,4-5,8,11H2,1,3H3;1-2H3. The second-order valence-electron chi connectivity index (χ2n) is 4.14. The summed E-state index contributed by atoms with van der Waals surface area (Å²) in [6.07, 6.45) is 3.19. The fourth-order valence-corrected chi connectivity index (χ4v) is 1.78. The fraction of sp³-hybridized carbons (Fsp3) is 0.412. The molecule has 0 nitrogen and oxygen atoms in total. The summed E-state index contributed by atoms with van der Waals surface area (Å²) < 4.78 is 0. The second-order valence-corrected chi connectivity index (χ2v) is 4.14. The summed E-state index contributed by atoms with van der Waals surface area (Å²) in [5.41, 5.74) is 5.10. The highest BCUT2D eigenvalue weighted by atomic mass is 14.1. The van der Waals surface area contributed by atoms with E-state index in [1.165, 1.54) is 22.3 Å². The molecule has 0 fully saturated rings. The average molecular weight is 230 g/mol. The van der Waals surface area contributed by atoms with Gasteiger partial charge in [0.1, 0.15) is 0 Å². The van der Waals surface area contributed by atoms with Crippen molar-refractivity contribution in [2.75, 3.05) is 0 Å². The Morgan fingerprint density at radius 2 is 1.71 bits per heavy atom. The molecule has 17 heavy (non-hydrogen) atoms. The fourth-order valence-electron chi connectivity index (χ4n) is 1.78. The van der Waals surface area contributed by atoms with E-state index in [0.29, 0.717) is 0 Å². The normalized spacial score (nSPS) is 9.18. The Morgan fingerprint density at radius 3 is 2.24 bits per heavy atom. The third-order valence-electron chi connectivity index (χ3n) is 2.44. The van der Waals surface area contributed by atoms with Gasteiger partial charge in [0, 0.05) is 0 Å². The summed E-state index contributed by atoms with van der Waals surface area (Å²) in [7, 11) is 0. The smallest absolute Gasteiger partial charge is 0.00665 e. The van der Waals surface area contributed by atoms with Crippen LogP contribution in [0, 0.1) is 0 Å². The monoisotopic (exact) mass is 230 g/mol. The molecule has 0 amide bonds. The van der Waals surface area contributed by atoms with E-state index < -0.39 is 0 Å². The van der Waals surface area contributed by atoms with Crippen molar-refractivity contribution in [2.45, 2.75) is 47.0 Å². The second kappa shape index (κ2) is 8.81. The maximum Gasteiger partial charge on any atom is -0.00665 e. The molecule has 0 aliphatic carbocycles. The number of allylic oxidation sites excluding steroid dienone is 2. The molecule has 0 saturated carbocycles. The first kappa shape index (κ1) is 15.7. The van der Waals surface area contributed by atoms with E-state index in [0.717, 1.165) is 19.3 Å². The molecular weight excluding hydrogens is 204 g/mol. The number of rotatable bonds is 5. The van der Waals surface area contributed by atoms with Gasteiger partial charge >= 0.3 is 0 Å². The maximum atomic E-state index is 4.15. The van der Waals surface area contributed by atoms with E-state index in [1.807, 2.05) is 13.8 Å². The van der Waals surface area contributed by atoms with E-state index >= 15 is 0 Å². The molecule has 1 aromatic carbocycles. The van der Waals surface area contributed by atoms with Crippen molar-refractivity contribution in [1.29, 1.82) is 0 Å². The van der Waals surface area contributed by atoms with Crippen molar-refractivity contribution < 1.29 is 0 Å². The first-order valence-electron chi connectivity index (χ1n) is 6.55. The maximum absolute atomic E-state index is 4.15. The third kappa shape index (κ3) is 5.53. The van der Waals surface area contributed by atoms with E-state index in [1.54, 1.807) is 0 Å². The van der Waals surface area contributed by atoms with Crippen LogP contribution in [0.15, 0.2) is 43.0 Å². The molecular formula is C17H26. The quantitative estimate of drug-likeness (QED) is 0.574. The van der Waals surface area contributed by atoms with E-state index in [2.05, 4.69) is 51.3 Å². The van der Waals surface area contributed by atoms with Gasteiger partial charge < -0.3 is 0 Å². The Kier molecular flexibility index (Phi) is 8.13. The Hall–Kier alpha value is -1.30. The molecule has 0 aliphatic heterocycles. The molecule has 1 aromatic rings. The first-order chi connectivity index (χ1) is 8.15. The molecule has 0 atom stereocenters. The van der Waals surface area contributed by atoms with Gasteiger partial charge in [-0.25, -0.2) is 0 Å². The zero-order chi connectivity index (χ0) is 13.3. The van der Waals surface area contributed by atoms with Crippen molar-refractivity contribution in [2.24, 2.45) is 0 Å². The van der Waals surface area contributed by atoms with Crippen LogP contribution in [0.5, 0.6) is 0 Å². The molecule has 94 valence electrons. The van der Waals surface area contributed by atoms with Gasteiger partial charge in [-0.1, -0.05) is 70.2 Å². The van der Waals surface area contributed by atoms with Crippen molar-refractivity contribution >= 4 is 5.57 Å². The van der Waals surface area contributed by atoms with E-state index in [9.17, 15) is 0 Å². The molecule has 0 saturated heterocycles. The lowest BCUT2D eigenvalue weighted by Crippen LogP contribution is -1.93. The lowest BCUT2D eigenvalue weighted by molar-refractivity contribution is 0.971. The minimum Gasteiger partial charge on any atom is -0.0998 e. The predicted molar refractivity (Wildman–Crippen MR) is 80.3 cm³/mol. The zero-order valence-corrected chi connectivity index (χ0v) is 11.8. The van der Waals surface area contributed by atoms with Gasteiger partial charge in [0.15, 0.2) is 0 Å². The third-order valence-corrected chi connectivity index (χ3v) is 2.44. The SMILES string of the molecule is C=C(C)Cc1ccccc1C(=C)CCC.CC. The number of hydrogen-bond donors (Lipinski definition) is 0. The van der Waals surface area contributed by atoms with Crippen LogP contribution in [-0.4, -0.2) is 0 Å². The Bertz CT molecular complexity index is 358. The van der Waals surface area contributed by atoms with Crippen LogP contribution >= 0.6 is 0 Å². The number of hydrogen-bond acceptors (Lipinski definition) is 0. The van der Waals surface area contributed by atoms with Crippen molar-refractivity contribution in [3.63, 3.8) is 0 Å². The summed E-state index contributed by atoms with van der Waals surface area (Å²) in [6, 6.07) is 8.50. The van der Waals surface area contributed by atoms with Crippen LogP contribution in [0.4, 0.5) is 0 Å².